The van der Waals surface area contributed by atoms with Gasteiger partial charge in [0, 0.05) is 11.3 Å². The molecule has 0 bridgehead atoms. The van der Waals surface area contributed by atoms with E-state index in [1.807, 2.05) is 30.8 Å². The fourth-order valence-electron chi connectivity index (χ4n) is 2.17. The minimum absolute atomic E-state index is 0.135. The van der Waals surface area contributed by atoms with Gasteiger partial charge in [-0.15, -0.1) is 11.6 Å². The van der Waals surface area contributed by atoms with Gasteiger partial charge in [0.05, 0.1) is 18.0 Å². The van der Waals surface area contributed by atoms with Crippen molar-refractivity contribution >= 4 is 34.4 Å². The van der Waals surface area contributed by atoms with Crippen LogP contribution in [0.1, 0.15) is 26.6 Å². The molecule has 0 saturated carbocycles. The highest BCUT2D eigenvalue weighted by Gasteiger charge is 2.21. The summed E-state index contributed by atoms with van der Waals surface area (Å²) < 4.78 is 8.01. The van der Waals surface area contributed by atoms with Crippen molar-refractivity contribution in [2.75, 3.05) is 12.9 Å². The van der Waals surface area contributed by atoms with Crippen molar-refractivity contribution in [3.8, 4) is 5.75 Å². The Morgan fingerprint density at radius 3 is 2.75 bits per heavy atom. The van der Waals surface area contributed by atoms with Gasteiger partial charge in [0.1, 0.15) is 17.1 Å². The first kappa shape index (κ1) is 15.5. The van der Waals surface area contributed by atoms with Crippen LogP contribution in [0.4, 0.5) is 0 Å². The fraction of sp³-hybridized carbons (Fsp3) is 0.533. The molecule has 5 heteroatoms. The Morgan fingerprint density at radius 1 is 1.40 bits per heavy atom. The molecular weight excluding hydrogens is 292 g/mol. The average Bonchev–Trinajstić information content (AvgIpc) is 2.78. The van der Waals surface area contributed by atoms with Crippen LogP contribution < -0.4 is 4.74 Å². The molecule has 0 saturated heterocycles. The van der Waals surface area contributed by atoms with Crippen LogP contribution >= 0.6 is 23.4 Å². The summed E-state index contributed by atoms with van der Waals surface area (Å²) in [6.45, 7) is 7.96. The summed E-state index contributed by atoms with van der Waals surface area (Å²) in [7, 11) is 0. The standard InChI is InChI=1S/C15H21ClN2OS/c1-5-19-12-8-6-7-11-14(12)17-13(9-16)18(11)10-15(2,3)20-4/h6-8H,5,9-10H2,1-4H3. The van der Waals surface area contributed by atoms with Crippen LogP contribution in [-0.2, 0) is 12.4 Å². The zero-order chi connectivity index (χ0) is 14.8. The Morgan fingerprint density at radius 2 is 2.15 bits per heavy atom. The van der Waals surface area contributed by atoms with Gasteiger partial charge in [-0.3, -0.25) is 0 Å². The zero-order valence-corrected chi connectivity index (χ0v) is 14.0. The molecule has 20 heavy (non-hydrogen) atoms. The molecule has 2 rings (SSSR count). The third kappa shape index (κ3) is 3.07. The molecule has 1 aromatic heterocycles. The second-order valence-electron chi connectivity index (χ2n) is 5.27. The van der Waals surface area contributed by atoms with Crippen molar-refractivity contribution in [2.45, 2.75) is 37.9 Å². The molecule has 2 aromatic rings. The number of imidazole rings is 1. The number of hydrogen-bond acceptors (Lipinski definition) is 3. The first-order valence-corrected chi connectivity index (χ1v) is 8.50. The van der Waals surface area contributed by atoms with Gasteiger partial charge in [-0.05, 0) is 39.2 Å². The molecule has 1 aromatic carbocycles. The number of aromatic nitrogens is 2. The van der Waals surface area contributed by atoms with E-state index in [0.29, 0.717) is 12.5 Å². The van der Waals surface area contributed by atoms with Crippen LogP contribution in [0.25, 0.3) is 11.0 Å². The van der Waals surface area contributed by atoms with Crippen molar-refractivity contribution in [3.05, 3.63) is 24.0 Å². The van der Waals surface area contributed by atoms with Crippen LogP contribution in [0, 0.1) is 0 Å². The van der Waals surface area contributed by atoms with Crippen molar-refractivity contribution in [1.29, 1.82) is 0 Å². The van der Waals surface area contributed by atoms with Gasteiger partial charge in [0.2, 0.25) is 0 Å². The lowest BCUT2D eigenvalue weighted by molar-refractivity contribution is 0.343. The second kappa shape index (κ2) is 6.27. The summed E-state index contributed by atoms with van der Waals surface area (Å²) >= 11 is 7.92. The van der Waals surface area contributed by atoms with Crippen molar-refractivity contribution in [1.82, 2.24) is 9.55 Å². The smallest absolute Gasteiger partial charge is 0.147 e. The van der Waals surface area contributed by atoms with E-state index in [0.717, 1.165) is 29.2 Å². The quantitative estimate of drug-likeness (QED) is 0.743. The summed E-state index contributed by atoms with van der Waals surface area (Å²) in [5.74, 6) is 2.14. The molecule has 0 aliphatic rings. The van der Waals surface area contributed by atoms with Crippen LogP contribution in [0.5, 0.6) is 5.75 Å². The molecule has 3 nitrogen and oxygen atoms in total. The Kier molecular flexibility index (Phi) is 4.86. The average molecular weight is 313 g/mol. The first-order valence-electron chi connectivity index (χ1n) is 6.74. The van der Waals surface area contributed by atoms with Gasteiger partial charge >= 0.3 is 0 Å². The normalized spacial score (nSPS) is 12.1. The van der Waals surface area contributed by atoms with E-state index in [1.54, 1.807) is 0 Å². The highest BCUT2D eigenvalue weighted by atomic mass is 35.5. The molecule has 0 N–H and O–H groups in total. The summed E-state index contributed by atoms with van der Waals surface area (Å²) in [6.07, 6.45) is 2.13. The number of halogens is 1. The van der Waals surface area contributed by atoms with E-state index in [9.17, 15) is 0 Å². The molecule has 0 amide bonds. The zero-order valence-electron chi connectivity index (χ0n) is 12.4. The first-order chi connectivity index (χ1) is 9.52. The summed E-state index contributed by atoms with van der Waals surface area (Å²) in [6, 6.07) is 6.05. The molecule has 0 fully saturated rings. The summed E-state index contributed by atoms with van der Waals surface area (Å²) in [5, 5.41) is 0. The molecule has 0 aliphatic carbocycles. The molecule has 0 radical (unpaired) electrons. The number of para-hydroxylation sites is 1. The molecule has 110 valence electrons. The highest BCUT2D eigenvalue weighted by molar-refractivity contribution is 7.99. The van der Waals surface area contributed by atoms with E-state index in [2.05, 4.69) is 35.7 Å². The number of benzene rings is 1. The van der Waals surface area contributed by atoms with E-state index < -0.39 is 0 Å². The number of thioether (sulfide) groups is 1. The maximum atomic E-state index is 6.07. The molecule has 0 spiro atoms. The predicted molar refractivity (Wildman–Crippen MR) is 88.1 cm³/mol. The minimum atomic E-state index is 0.135. The van der Waals surface area contributed by atoms with Gasteiger partial charge in [0.15, 0.2) is 0 Å². The van der Waals surface area contributed by atoms with E-state index in [-0.39, 0.29) is 4.75 Å². The Balaban J connectivity index is 2.55. The molecule has 0 atom stereocenters. The lowest BCUT2D eigenvalue weighted by atomic mass is 10.2. The van der Waals surface area contributed by atoms with Crippen LogP contribution in [0.15, 0.2) is 18.2 Å². The number of alkyl halides is 1. The number of hydrogen-bond donors (Lipinski definition) is 0. The van der Waals surface area contributed by atoms with E-state index in [4.69, 9.17) is 16.3 Å². The van der Waals surface area contributed by atoms with Gasteiger partial charge in [-0.2, -0.15) is 11.8 Å². The topological polar surface area (TPSA) is 27.1 Å². The van der Waals surface area contributed by atoms with E-state index >= 15 is 0 Å². The van der Waals surface area contributed by atoms with Gasteiger partial charge < -0.3 is 9.30 Å². The largest absolute Gasteiger partial charge is 0.492 e. The number of rotatable bonds is 6. The third-order valence-corrected chi connectivity index (χ3v) is 4.81. The lowest BCUT2D eigenvalue weighted by Gasteiger charge is -2.24. The minimum Gasteiger partial charge on any atom is -0.492 e. The van der Waals surface area contributed by atoms with Crippen molar-refractivity contribution in [2.24, 2.45) is 0 Å². The van der Waals surface area contributed by atoms with Crippen LogP contribution in [0.3, 0.4) is 0 Å². The number of ether oxygens (including phenoxy) is 1. The molecule has 1 heterocycles. The second-order valence-corrected chi connectivity index (χ2v) is 7.05. The van der Waals surface area contributed by atoms with Crippen molar-refractivity contribution < 1.29 is 4.74 Å². The Hall–Kier alpha value is -0.870. The Bertz CT molecular complexity index is 595. The third-order valence-electron chi connectivity index (χ3n) is 3.33. The predicted octanol–water partition coefficient (Wildman–Crippen LogP) is 4.32. The SMILES string of the molecule is CCOc1cccc2c1nc(CCl)n2CC(C)(C)SC. The lowest BCUT2D eigenvalue weighted by Crippen LogP contribution is -2.23. The van der Waals surface area contributed by atoms with Crippen LogP contribution in [-0.4, -0.2) is 27.2 Å². The number of fused-ring (bicyclic) bond motifs is 1. The monoisotopic (exact) mass is 312 g/mol. The van der Waals surface area contributed by atoms with Crippen molar-refractivity contribution in [3.63, 3.8) is 0 Å². The number of nitrogens with zero attached hydrogens (tertiary/aromatic N) is 2. The summed E-state index contributed by atoms with van der Waals surface area (Å²) in [4.78, 5) is 4.66. The maximum absolute atomic E-state index is 6.07. The van der Waals surface area contributed by atoms with Crippen LogP contribution in [0.2, 0.25) is 0 Å². The fourth-order valence-corrected chi connectivity index (χ4v) is 2.63. The maximum Gasteiger partial charge on any atom is 0.147 e. The summed E-state index contributed by atoms with van der Waals surface area (Å²) in [5.41, 5.74) is 2.00. The molecular formula is C15H21ClN2OS. The highest BCUT2D eigenvalue weighted by Crippen LogP contribution is 2.30. The molecule has 0 aliphatic heterocycles. The Labute approximate surface area is 129 Å². The van der Waals surface area contributed by atoms with Gasteiger partial charge in [0.25, 0.3) is 0 Å². The van der Waals surface area contributed by atoms with Gasteiger partial charge in [-0.1, -0.05) is 6.07 Å². The molecule has 0 unspecified atom stereocenters. The van der Waals surface area contributed by atoms with Gasteiger partial charge in [-0.25, -0.2) is 4.98 Å². The van der Waals surface area contributed by atoms with E-state index in [1.165, 1.54) is 0 Å².